The number of benzene rings is 1. The fraction of sp³-hybridized carbons (Fsp3) is 0. The highest BCUT2D eigenvalue weighted by molar-refractivity contribution is 7.22. The molecule has 0 atom stereocenters. The molecule has 9 heavy (non-hydrogen) atoms. The highest BCUT2D eigenvalue weighted by Crippen LogP contribution is 1.78. The molecule has 0 bridgehead atoms. The van der Waals surface area contributed by atoms with Crippen molar-refractivity contribution in [1.29, 1.82) is 0 Å². The first-order valence-corrected chi connectivity index (χ1v) is 6.72. The highest BCUT2D eigenvalue weighted by Gasteiger charge is 1.64. The predicted octanol–water partition coefficient (Wildman–Crippen LogP) is 2.48. The molecule has 0 heterocycles. The molecule has 0 aliphatic heterocycles. The maximum Gasteiger partial charge on any atom is 0.618 e. The van der Waals surface area contributed by atoms with Gasteiger partial charge in [0.25, 0.3) is 0 Å². The standard InChI is InChI=1S/C6H5.2ClH.Mg/c1-2-4-6-5-3-1;;;/h1-5H;2*1H;/q;;;+2/p-2. The van der Waals surface area contributed by atoms with Gasteiger partial charge in [-0.3, -0.25) is 0 Å². The fourth-order valence-electron chi connectivity index (χ4n) is 0.342. The van der Waals surface area contributed by atoms with Crippen LogP contribution in [0.5, 0.6) is 0 Å². The molecule has 0 nitrogen and oxygen atoms in total. The Morgan fingerprint density at radius 1 is 1.00 bits per heavy atom. The monoisotopic (exact) mass is 171 g/mol. The third-order valence-corrected chi connectivity index (χ3v) is 0.607. The van der Waals surface area contributed by atoms with Crippen molar-refractivity contribution in [3.63, 3.8) is 0 Å². The van der Waals surface area contributed by atoms with Crippen molar-refractivity contribution in [2.24, 2.45) is 0 Å². The van der Waals surface area contributed by atoms with Gasteiger partial charge in [0, 0.05) is 0 Å². The van der Waals surface area contributed by atoms with Gasteiger partial charge in [0.2, 0.25) is 0 Å². The smallest absolute Gasteiger partial charge is 0.309 e. The van der Waals surface area contributed by atoms with Crippen molar-refractivity contribution in [2.45, 2.75) is 0 Å². The van der Waals surface area contributed by atoms with E-state index in [1.54, 1.807) is 0 Å². The minimum Gasteiger partial charge on any atom is -0.309 e. The van der Waals surface area contributed by atoms with Gasteiger partial charge in [-0.25, -0.2) is 0 Å². The Balaban J connectivity index is 0.000000187. The molecule has 45 valence electrons. The van der Waals surface area contributed by atoms with Crippen molar-refractivity contribution in [3.8, 4) is 0 Å². The zero-order valence-corrected chi connectivity index (χ0v) is 7.78. The molecule has 0 aromatic heterocycles. The Kier molecular flexibility index (Phi) is 9.11. The Labute approximate surface area is 72.4 Å². The van der Waals surface area contributed by atoms with E-state index >= 15 is 0 Å². The molecule has 0 amide bonds. The van der Waals surface area contributed by atoms with Crippen molar-refractivity contribution in [3.05, 3.63) is 36.4 Å². The van der Waals surface area contributed by atoms with E-state index in [4.69, 9.17) is 18.1 Å². The van der Waals surface area contributed by atoms with E-state index in [9.17, 15) is 0 Å². The molecule has 1 aromatic carbocycles. The minimum absolute atomic E-state index is 0.639. The Morgan fingerprint density at radius 2 is 1.44 bits per heavy atom. The molecule has 0 fully saturated rings. The Bertz CT molecular complexity index is 93.9. The minimum atomic E-state index is -0.639. The summed E-state index contributed by atoms with van der Waals surface area (Å²) in [5.41, 5.74) is 0. The SMILES string of the molecule is [Cl][Mg][Cl].[c]1ccccc1. The first kappa shape index (κ1) is 9.57. The van der Waals surface area contributed by atoms with Crippen LogP contribution < -0.4 is 0 Å². The summed E-state index contributed by atoms with van der Waals surface area (Å²) < 4.78 is 0. The summed E-state index contributed by atoms with van der Waals surface area (Å²) in [6, 6.07) is 12.5. The molecule has 3 heteroatoms. The largest absolute Gasteiger partial charge is 0.618 e. The van der Waals surface area contributed by atoms with Crippen LogP contribution in [0.3, 0.4) is 0 Å². The number of halogens is 2. The fourth-order valence-corrected chi connectivity index (χ4v) is 0.342. The Morgan fingerprint density at radius 3 is 1.56 bits per heavy atom. The van der Waals surface area contributed by atoms with E-state index in [1.807, 2.05) is 30.3 Å². The number of rotatable bonds is 0. The van der Waals surface area contributed by atoms with E-state index in [2.05, 4.69) is 6.07 Å². The molecule has 0 saturated heterocycles. The van der Waals surface area contributed by atoms with Crippen molar-refractivity contribution in [2.75, 3.05) is 0 Å². The van der Waals surface area contributed by atoms with Crippen molar-refractivity contribution in [1.82, 2.24) is 0 Å². The second-order valence-corrected chi connectivity index (χ2v) is 3.80. The predicted molar refractivity (Wildman–Crippen MR) is 42.7 cm³/mol. The van der Waals surface area contributed by atoms with Gasteiger partial charge in [-0.05, 0) is 6.07 Å². The average molecular weight is 172 g/mol. The van der Waals surface area contributed by atoms with Crippen LogP contribution in [0.2, 0.25) is 0 Å². The zero-order chi connectivity index (χ0) is 6.95. The van der Waals surface area contributed by atoms with Crippen LogP contribution >= 0.6 is 18.1 Å². The molecule has 0 aliphatic rings. The van der Waals surface area contributed by atoms with Gasteiger partial charge in [-0.1, -0.05) is 30.3 Å². The van der Waals surface area contributed by atoms with Gasteiger partial charge >= 0.3 is 18.2 Å². The summed E-state index contributed by atoms with van der Waals surface area (Å²) in [6.45, 7) is 0. The third-order valence-electron chi connectivity index (χ3n) is 0.607. The summed E-state index contributed by atoms with van der Waals surface area (Å²) in [4.78, 5) is 0. The quantitative estimate of drug-likeness (QED) is 0.527. The second-order valence-electron chi connectivity index (χ2n) is 1.18. The van der Waals surface area contributed by atoms with Crippen LogP contribution in [0.15, 0.2) is 30.3 Å². The normalized spacial score (nSPS) is 6.44. The molecule has 0 spiro atoms. The molecule has 1 rings (SSSR count). The lowest BCUT2D eigenvalue weighted by Crippen LogP contribution is -1.49. The van der Waals surface area contributed by atoms with Gasteiger partial charge in [-0.2, -0.15) is 0 Å². The first-order chi connectivity index (χ1) is 4.41. The lowest BCUT2D eigenvalue weighted by molar-refractivity contribution is 1.70. The molecular formula is C6H5Cl2Mg. The lowest BCUT2D eigenvalue weighted by atomic mass is 10.4. The zero-order valence-electron chi connectivity index (χ0n) is 4.85. The van der Waals surface area contributed by atoms with E-state index in [-0.39, 0.29) is 0 Å². The summed E-state index contributed by atoms with van der Waals surface area (Å²) >= 11 is -0.639. The molecule has 0 unspecified atom stereocenters. The lowest BCUT2D eigenvalue weighted by Gasteiger charge is -1.68. The topological polar surface area (TPSA) is 0 Å². The average Bonchev–Trinajstić information content (AvgIpc) is 1.93. The Hall–Kier alpha value is 0.566. The summed E-state index contributed by atoms with van der Waals surface area (Å²) in [5, 5.41) is 0. The van der Waals surface area contributed by atoms with Gasteiger partial charge in [0.15, 0.2) is 0 Å². The number of hydrogen-bond acceptors (Lipinski definition) is 0. The van der Waals surface area contributed by atoms with Gasteiger partial charge < -0.3 is 18.1 Å². The highest BCUT2D eigenvalue weighted by atomic mass is 35.6. The maximum atomic E-state index is 4.90. The second kappa shape index (κ2) is 8.57. The summed E-state index contributed by atoms with van der Waals surface area (Å²) in [7, 11) is 9.81. The van der Waals surface area contributed by atoms with Crippen LogP contribution in [0, 0.1) is 6.07 Å². The van der Waals surface area contributed by atoms with Crippen molar-refractivity contribution < 1.29 is 0 Å². The maximum absolute atomic E-state index is 4.90. The van der Waals surface area contributed by atoms with Crippen LogP contribution in [0.1, 0.15) is 0 Å². The summed E-state index contributed by atoms with van der Waals surface area (Å²) in [6.07, 6.45) is 0. The summed E-state index contributed by atoms with van der Waals surface area (Å²) in [5.74, 6) is 0. The molecule has 0 N–H and O–H groups in total. The van der Waals surface area contributed by atoms with E-state index in [0.29, 0.717) is 0 Å². The van der Waals surface area contributed by atoms with Crippen LogP contribution in [-0.2, 0) is 0 Å². The van der Waals surface area contributed by atoms with E-state index in [1.165, 1.54) is 0 Å². The molecule has 1 radical (unpaired) electrons. The van der Waals surface area contributed by atoms with Crippen LogP contribution in [0.4, 0.5) is 0 Å². The third kappa shape index (κ3) is 8.57. The van der Waals surface area contributed by atoms with Gasteiger partial charge in [0.1, 0.15) is 0 Å². The van der Waals surface area contributed by atoms with E-state index < -0.39 is 18.2 Å². The first-order valence-electron chi connectivity index (χ1n) is 2.45. The van der Waals surface area contributed by atoms with Crippen molar-refractivity contribution >= 4 is 36.3 Å². The molecule has 0 saturated carbocycles. The van der Waals surface area contributed by atoms with Gasteiger partial charge in [0.05, 0.1) is 0 Å². The van der Waals surface area contributed by atoms with Gasteiger partial charge in [-0.15, -0.1) is 0 Å². The van der Waals surface area contributed by atoms with E-state index in [0.717, 1.165) is 0 Å². The van der Waals surface area contributed by atoms with Crippen LogP contribution in [0.25, 0.3) is 0 Å². The molecular weight excluding hydrogens is 167 g/mol. The van der Waals surface area contributed by atoms with Crippen LogP contribution in [-0.4, -0.2) is 18.2 Å². The molecule has 0 aliphatic carbocycles. The molecule has 1 aromatic rings. The number of hydrogen-bond donors (Lipinski definition) is 0.